The van der Waals surface area contributed by atoms with Gasteiger partial charge in [0.15, 0.2) is 0 Å². The van der Waals surface area contributed by atoms with Crippen molar-refractivity contribution in [2.45, 2.75) is 37.5 Å². The Morgan fingerprint density at radius 1 is 1.43 bits per heavy atom. The average molecular weight is 345 g/mol. The van der Waals surface area contributed by atoms with Gasteiger partial charge in [-0.1, -0.05) is 30.3 Å². The van der Waals surface area contributed by atoms with Crippen molar-refractivity contribution < 1.29 is 4.79 Å². The minimum Gasteiger partial charge on any atom is -0.315 e. The van der Waals surface area contributed by atoms with Crippen molar-refractivity contribution in [3.63, 3.8) is 0 Å². The first-order chi connectivity index (χ1) is 11.1. The molecule has 1 aliphatic rings. The quantitative estimate of drug-likeness (QED) is 0.836. The van der Waals surface area contributed by atoms with Crippen molar-refractivity contribution in [1.82, 2.24) is 0 Å². The number of anilines is 1. The van der Waals surface area contributed by atoms with Crippen molar-refractivity contribution in [3.8, 4) is 6.07 Å². The van der Waals surface area contributed by atoms with Gasteiger partial charge in [0.05, 0.1) is 5.56 Å². The maximum Gasteiger partial charge on any atom is 0.242 e. The van der Waals surface area contributed by atoms with E-state index in [2.05, 4.69) is 35.7 Å². The van der Waals surface area contributed by atoms with Gasteiger partial charge in [-0.2, -0.15) is 5.26 Å². The van der Waals surface area contributed by atoms with Gasteiger partial charge in [0.25, 0.3) is 0 Å². The molecule has 0 spiro atoms. The first-order valence-corrected chi connectivity index (χ1v) is 8.90. The number of hydrogen-bond acceptors (Lipinski definition) is 3. The lowest BCUT2D eigenvalue weighted by atomic mass is 9.83. The fourth-order valence-corrected chi connectivity index (χ4v) is 4.35. The number of rotatable bonds is 3. The zero-order valence-electron chi connectivity index (χ0n) is 12.8. The number of nitrogens with one attached hydrogen (secondary N) is 1. The molecule has 0 unspecified atom stereocenters. The van der Waals surface area contributed by atoms with E-state index in [1.165, 1.54) is 21.8 Å². The molecular weight excluding hydrogens is 328 g/mol. The number of hydrogen-bond donors (Lipinski definition) is 1. The molecule has 1 amide bonds. The third-order valence-electron chi connectivity index (χ3n) is 4.25. The van der Waals surface area contributed by atoms with E-state index >= 15 is 0 Å². The van der Waals surface area contributed by atoms with Crippen LogP contribution in [0.3, 0.4) is 0 Å². The van der Waals surface area contributed by atoms with Crippen LogP contribution in [0.25, 0.3) is 0 Å². The summed E-state index contributed by atoms with van der Waals surface area (Å²) in [5.41, 5.74) is 3.05. The third-order valence-corrected chi connectivity index (χ3v) is 5.61. The van der Waals surface area contributed by atoms with Gasteiger partial charge >= 0.3 is 0 Å². The smallest absolute Gasteiger partial charge is 0.242 e. The van der Waals surface area contributed by atoms with Crippen LogP contribution in [0.5, 0.6) is 0 Å². The van der Waals surface area contributed by atoms with Gasteiger partial charge in [0.1, 0.15) is 16.4 Å². The van der Waals surface area contributed by atoms with E-state index in [1.54, 1.807) is 6.92 Å². The molecule has 0 radical (unpaired) electrons. The first-order valence-electron chi connectivity index (χ1n) is 7.64. The molecule has 1 heterocycles. The second-order valence-corrected chi connectivity index (χ2v) is 7.54. The van der Waals surface area contributed by atoms with Crippen LogP contribution in [0, 0.1) is 11.3 Å². The molecular formula is C18H17ClN2OS. The Bertz CT molecular complexity index is 761. The minimum absolute atomic E-state index is 0.263. The summed E-state index contributed by atoms with van der Waals surface area (Å²) in [5.74, 6) is 0.214. The molecule has 0 aliphatic heterocycles. The van der Waals surface area contributed by atoms with E-state index in [9.17, 15) is 10.1 Å². The lowest BCUT2D eigenvalue weighted by molar-refractivity contribution is -0.115. The Morgan fingerprint density at radius 3 is 2.83 bits per heavy atom. The predicted molar refractivity (Wildman–Crippen MR) is 94.2 cm³/mol. The number of carbonyl (C=O) groups is 1. The number of nitrogens with zero attached hydrogens (tertiary/aromatic N) is 1. The fourth-order valence-electron chi connectivity index (χ4n) is 3.01. The molecule has 3 rings (SSSR count). The predicted octanol–water partition coefficient (Wildman–Crippen LogP) is 4.46. The molecule has 23 heavy (non-hydrogen) atoms. The van der Waals surface area contributed by atoms with Crippen LogP contribution in [-0.4, -0.2) is 11.3 Å². The number of amides is 1. The molecule has 118 valence electrons. The highest BCUT2D eigenvalue weighted by Crippen LogP contribution is 2.42. The Labute approximate surface area is 144 Å². The Morgan fingerprint density at radius 2 is 2.17 bits per heavy atom. The van der Waals surface area contributed by atoms with Crippen molar-refractivity contribution in [2.75, 3.05) is 5.32 Å². The molecule has 1 aliphatic carbocycles. The molecule has 5 heteroatoms. The van der Waals surface area contributed by atoms with Crippen LogP contribution in [0.1, 0.15) is 40.8 Å². The van der Waals surface area contributed by atoms with Crippen molar-refractivity contribution in [3.05, 3.63) is 51.9 Å². The van der Waals surface area contributed by atoms with Crippen molar-refractivity contribution >= 4 is 33.8 Å². The zero-order chi connectivity index (χ0) is 16.4. The molecule has 1 aromatic heterocycles. The normalized spacial score (nSPS) is 17.9. The van der Waals surface area contributed by atoms with Crippen LogP contribution in [0.2, 0.25) is 0 Å². The van der Waals surface area contributed by atoms with Crippen LogP contribution in [0.15, 0.2) is 30.3 Å². The summed E-state index contributed by atoms with van der Waals surface area (Å²) in [6.07, 6.45) is 2.83. The summed E-state index contributed by atoms with van der Waals surface area (Å²) >= 11 is 7.33. The van der Waals surface area contributed by atoms with Gasteiger partial charge < -0.3 is 5.32 Å². The molecule has 2 atom stereocenters. The summed E-state index contributed by atoms with van der Waals surface area (Å²) < 4.78 is 0. The maximum absolute atomic E-state index is 11.8. The van der Waals surface area contributed by atoms with Gasteiger partial charge in [0, 0.05) is 4.88 Å². The van der Waals surface area contributed by atoms with Gasteiger partial charge in [-0.15, -0.1) is 22.9 Å². The Kier molecular flexibility index (Phi) is 4.70. The zero-order valence-corrected chi connectivity index (χ0v) is 14.4. The van der Waals surface area contributed by atoms with Crippen molar-refractivity contribution in [2.24, 2.45) is 0 Å². The number of thiophene rings is 1. The summed E-state index contributed by atoms with van der Waals surface area (Å²) in [6.45, 7) is 1.63. The van der Waals surface area contributed by atoms with Crippen LogP contribution >= 0.6 is 22.9 Å². The number of halogens is 1. The third kappa shape index (κ3) is 3.26. The molecule has 1 N–H and O–H groups in total. The van der Waals surface area contributed by atoms with E-state index in [0.29, 0.717) is 16.5 Å². The number of carbonyl (C=O) groups excluding carboxylic acids is 1. The molecule has 0 saturated heterocycles. The molecule has 0 bridgehead atoms. The Hall–Kier alpha value is -1.83. The first kappa shape index (κ1) is 16.0. The molecule has 3 nitrogen and oxygen atoms in total. The second-order valence-electron chi connectivity index (χ2n) is 5.78. The Balaban J connectivity index is 1.88. The number of benzene rings is 1. The highest BCUT2D eigenvalue weighted by atomic mass is 35.5. The monoisotopic (exact) mass is 344 g/mol. The summed E-state index contributed by atoms with van der Waals surface area (Å²) in [4.78, 5) is 13.0. The van der Waals surface area contributed by atoms with Crippen LogP contribution < -0.4 is 5.32 Å². The molecule has 2 aromatic rings. The van der Waals surface area contributed by atoms with E-state index in [-0.39, 0.29) is 5.91 Å². The molecule has 0 fully saturated rings. The van der Waals surface area contributed by atoms with Gasteiger partial charge in [-0.3, -0.25) is 4.79 Å². The topological polar surface area (TPSA) is 52.9 Å². The number of fused-ring (bicyclic) bond motifs is 1. The summed E-state index contributed by atoms with van der Waals surface area (Å²) in [5, 5.41) is 12.3. The van der Waals surface area contributed by atoms with Gasteiger partial charge in [0.2, 0.25) is 5.91 Å². The van der Waals surface area contributed by atoms with Gasteiger partial charge in [-0.25, -0.2) is 0 Å². The summed E-state index contributed by atoms with van der Waals surface area (Å²) in [7, 11) is 0. The molecule has 1 aromatic carbocycles. The second kappa shape index (κ2) is 6.74. The van der Waals surface area contributed by atoms with E-state index in [0.717, 1.165) is 24.8 Å². The maximum atomic E-state index is 11.8. The average Bonchev–Trinajstić information content (AvgIpc) is 2.91. The van der Waals surface area contributed by atoms with E-state index in [4.69, 9.17) is 11.6 Å². The van der Waals surface area contributed by atoms with E-state index < -0.39 is 5.38 Å². The highest BCUT2D eigenvalue weighted by molar-refractivity contribution is 7.16. The fraction of sp³-hybridized carbons (Fsp3) is 0.333. The lowest BCUT2D eigenvalue weighted by Crippen LogP contribution is -2.20. The lowest BCUT2D eigenvalue weighted by Gasteiger charge is -2.22. The van der Waals surface area contributed by atoms with E-state index in [1.807, 2.05) is 6.07 Å². The SMILES string of the molecule is C[C@@H](Cl)C(=O)Nc1sc2c(c1C#N)CC[C@@H](c1ccccc1)C2. The largest absolute Gasteiger partial charge is 0.315 e. The van der Waals surface area contributed by atoms with Gasteiger partial charge in [-0.05, 0) is 43.2 Å². The van der Waals surface area contributed by atoms with Crippen molar-refractivity contribution in [1.29, 1.82) is 5.26 Å². The summed E-state index contributed by atoms with van der Waals surface area (Å²) in [6, 6.07) is 12.7. The molecule has 0 saturated carbocycles. The standard InChI is InChI=1S/C18H17ClN2OS/c1-11(19)17(22)21-18-15(10-20)14-8-7-13(9-16(14)23-18)12-5-3-2-4-6-12/h2-6,11,13H,7-9H2,1H3,(H,21,22)/t11-,13-/m1/s1. The van der Waals surface area contributed by atoms with Crippen LogP contribution in [0.4, 0.5) is 5.00 Å². The number of alkyl halides is 1. The van der Waals surface area contributed by atoms with Crippen LogP contribution in [-0.2, 0) is 17.6 Å². The highest BCUT2D eigenvalue weighted by Gasteiger charge is 2.27. The minimum atomic E-state index is -0.613. The number of nitriles is 1.